The van der Waals surface area contributed by atoms with E-state index in [9.17, 15) is 9.90 Å². The van der Waals surface area contributed by atoms with Gasteiger partial charge in [-0.05, 0) is 11.6 Å². The summed E-state index contributed by atoms with van der Waals surface area (Å²) in [5.41, 5.74) is 0.618. The number of carbonyl (C=O) groups is 1. The van der Waals surface area contributed by atoms with Crippen molar-refractivity contribution in [3.63, 3.8) is 0 Å². The summed E-state index contributed by atoms with van der Waals surface area (Å²) in [4.78, 5) is 14.6. The van der Waals surface area contributed by atoms with Crippen LogP contribution in [0.4, 0.5) is 0 Å². The van der Waals surface area contributed by atoms with Crippen molar-refractivity contribution in [3.8, 4) is 0 Å². The van der Waals surface area contributed by atoms with Crippen LogP contribution in [-0.4, -0.2) is 23.2 Å². The van der Waals surface area contributed by atoms with Gasteiger partial charge < -0.3 is 9.84 Å². The van der Waals surface area contributed by atoms with Gasteiger partial charge in [-0.2, -0.15) is 0 Å². The molecule has 0 aliphatic heterocycles. The van der Waals surface area contributed by atoms with Crippen molar-refractivity contribution in [2.45, 2.75) is 12.5 Å². The number of nitrogens with zero attached hydrogens (tertiary/aromatic N) is 1. The first kappa shape index (κ1) is 9.67. The first-order valence-electron chi connectivity index (χ1n) is 3.89. The minimum absolute atomic E-state index is 0.0395. The highest BCUT2D eigenvalue weighted by atomic mass is 16.5. The fraction of sp³-hybridized carbons (Fsp3) is 0.333. The molecular formula is C9H11NO3. The Morgan fingerprint density at radius 3 is 3.08 bits per heavy atom. The molecule has 1 aromatic heterocycles. The molecule has 0 bridgehead atoms. The molecule has 1 rings (SSSR count). The smallest absolute Gasteiger partial charge is 0.308 e. The number of pyridine rings is 1. The van der Waals surface area contributed by atoms with Gasteiger partial charge in [0, 0.05) is 12.4 Å². The molecule has 0 fully saturated rings. The van der Waals surface area contributed by atoms with Gasteiger partial charge >= 0.3 is 5.97 Å². The Balaban J connectivity index is 2.59. The molecule has 4 nitrogen and oxygen atoms in total. The fourth-order valence-electron chi connectivity index (χ4n) is 0.932. The van der Waals surface area contributed by atoms with Gasteiger partial charge in [0.1, 0.15) is 0 Å². The van der Waals surface area contributed by atoms with Gasteiger partial charge in [-0.3, -0.25) is 9.78 Å². The molecule has 0 radical (unpaired) electrons. The number of methoxy groups -OCH3 is 1. The average molecular weight is 181 g/mol. The third-order valence-corrected chi connectivity index (χ3v) is 1.66. The Hall–Kier alpha value is -1.42. The number of esters is 1. The van der Waals surface area contributed by atoms with Crippen LogP contribution in [0.25, 0.3) is 0 Å². The van der Waals surface area contributed by atoms with Crippen LogP contribution in [0.3, 0.4) is 0 Å². The first-order chi connectivity index (χ1) is 6.24. The minimum atomic E-state index is -0.832. The SMILES string of the molecule is COC(=O)C[C@@H](O)c1cccnc1. The number of carbonyl (C=O) groups excluding carboxylic acids is 1. The zero-order valence-electron chi connectivity index (χ0n) is 7.30. The quantitative estimate of drug-likeness (QED) is 0.696. The second-order valence-corrected chi connectivity index (χ2v) is 2.58. The zero-order chi connectivity index (χ0) is 9.68. The van der Waals surface area contributed by atoms with E-state index in [0.29, 0.717) is 5.56 Å². The third-order valence-electron chi connectivity index (χ3n) is 1.66. The molecule has 0 spiro atoms. The lowest BCUT2D eigenvalue weighted by atomic mass is 10.1. The predicted molar refractivity (Wildman–Crippen MR) is 45.8 cm³/mol. The summed E-state index contributed by atoms with van der Waals surface area (Å²) in [6, 6.07) is 3.41. The highest BCUT2D eigenvalue weighted by Crippen LogP contribution is 2.14. The Morgan fingerprint density at radius 2 is 2.54 bits per heavy atom. The summed E-state index contributed by atoms with van der Waals surface area (Å²) in [5, 5.41) is 9.48. The molecule has 0 saturated heterocycles. The van der Waals surface area contributed by atoms with Crippen molar-refractivity contribution in [2.24, 2.45) is 0 Å². The Kier molecular flexibility index (Phi) is 3.40. The van der Waals surface area contributed by atoms with Crippen molar-refractivity contribution in [2.75, 3.05) is 7.11 Å². The summed E-state index contributed by atoms with van der Waals surface area (Å²) >= 11 is 0. The lowest BCUT2D eigenvalue weighted by Crippen LogP contribution is -2.08. The van der Waals surface area contributed by atoms with E-state index in [0.717, 1.165) is 0 Å². The molecule has 13 heavy (non-hydrogen) atoms. The van der Waals surface area contributed by atoms with Gasteiger partial charge in [-0.1, -0.05) is 6.07 Å². The summed E-state index contributed by atoms with van der Waals surface area (Å²) in [5.74, 6) is -0.434. The van der Waals surface area contributed by atoms with Crippen LogP contribution >= 0.6 is 0 Å². The monoisotopic (exact) mass is 181 g/mol. The molecule has 70 valence electrons. The van der Waals surface area contributed by atoms with Crippen molar-refractivity contribution in [1.29, 1.82) is 0 Å². The normalized spacial score (nSPS) is 12.2. The van der Waals surface area contributed by atoms with E-state index >= 15 is 0 Å². The molecule has 1 heterocycles. The number of rotatable bonds is 3. The minimum Gasteiger partial charge on any atom is -0.469 e. The van der Waals surface area contributed by atoms with Crippen LogP contribution in [0.15, 0.2) is 24.5 Å². The standard InChI is InChI=1S/C9H11NO3/c1-13-9(12)5-8(11)7-3-2-4-10-6-7/h2-4,6,8,11H,5H2,1H3/t8-/m1/s1. The van der Waals surface area contributed by atoms with Crippen molar-refractivity contribution < 1.29 is 14.6 Å². The topological polar surface area (TPSA) is 59.4 Å². The molecule has 0 aromatic carbocycles. The van der Waals surface area contributed by atoms with E-state index in [1.165, 1.54) is 13.3 Å². The maximum atomic E-state index is 10.8. The number of hydrogen-bond acceptors (Lipinski definition) is 4. The summed E-state index contributed by atoms with van der Waals surface area (Å²) in [6.07, 6.45) is 2.26. The van der Waals surface area contributed by atoms with E-state index in [1.807, 2.05) is 0 Å². The summed E-state index contributed by atoms with van der Waals surface area (Å²) < 4.78 is 4.42. The van der Waals surface area contributed by atoms with Crippen molar-refractivity contribution >= 4 is 5.97 Å². The molecule has 1 atom stereocenters. The predicted octanol–water partition coefficient (Wildman–Crippen LogP) is 0.678. The van der Waals surface area contributed by atoms with Crippen LogP contribution in [0, 0.1) is 0 Å². The van der Waals surface area contributed by atoms with Gasteiger partial charge in [0.25, 0.3) is 0 Å². The lowest BCUT2D eigenvalue weighted by molar-refractivity contribution is -0.142. The van der Waals surface area contributed by atoms with Crippen LogP contribution in [0.5, 0.6) is 0 Å². The van der Waals surface area contributed by atoms with Crippen LogP contribution < -0.4 is 0 Å². The number of ether oxygens (including phenoxy) is 1. The van der Waals surface area contributed by atoms with Crippen LogP contribution in [0.2, 0.25) is 0 Å². The van der Waals surface area contributed by atoms with Crippen LogP contribution in [-0.2, 0) is 9.53 Å². The van der Waals surface area contributed by atoms with Gasteiger partial charge in [-0.25, -0.2) is 0 Å². The first-order valence-corrected chi connectivity index (χ1v) is 3.89. The maximum absolute atomic E-state index is 10.8. The van der Waals surface area contributed by atoms with Gasteiger partial charge in [-0.15, -0.1) is 0 Å². The Morgan fingerprint density at radius 1 is 1.77 bits per heavy atom. The largest absolute Gasteiger partial charge is 0.469 e. The molecule has 0 amide bonds. The van der Waals surface area contributed by atoms with E-state index in [4.69, 9.17) is 0 Å². The maximum Gasteiger partial charge on any atom is 0.308 e. The second kappa shape index (κ2) is 4.57. The molecule has 0 aliphatic rings. The van der Waals surface area contributed by atoms with E-state index in [2.05, 4.69) is 9.72 Å². The lowest BCUT2D eigenvalue weighted by Gasteiger charge is -2.07. The molecule has 0 unspecified atom stereocenters. The third kappa shape index (κ3) is 2.83. The number of aromatic nitrogens is 1. The van der Waals surface area contributed by atoms with Crippen molar-refractivity contribution in [1.82, 2.24) is 4.98 Å². The number of aliphatic hydroxyl groups excluding tert-OH is 1. The van der Waals surface area contributed by atoms with Gasteiger partial charge in [0.05, 0.1) is 19.6 Å². The van der Waals surface area contributed by atoms with E-state index in [-0.39, 0.29) is 6.42 Å². The molecule has 1 aromatic rings. The Labute approximate surface area is 76.2 Å². The second-order valence-electron chi connectivity index (χ2n) is 2.58. The Bertz CT molecular complexity index is 273. The van der Waals surface area contributed by atoms with Gasteiger partial charge in [0.2, 0.25) is 0 Å². The highest BCUT2D eigenvalue weighted by molar-refractivity contribution is 5.69. The summed E-state index contributed by atoms with van der Waals surface area (Å²) in [7, 11) is 1.29. The van der Waals surface area contributed by atoms with Crippen molar-refractivity contribution in [3.05, 3.63) is 30.1 Å². The molecule has 0 aliphatic carbocycles. The molecule has 4 heteroatoms. The molecular weight excluding hydrogens is 170 g/mol. The molecule has 0 saturated carbocycles. The van der Waals surface area contributed by atoms with Crippen LogP contribution in [0.1, 0.15) is 18.1 Å². The fourth-order valence-corrected chi connectivity index (χ4v) is 0.932. The highest BCUT2D eigenvalue weighted by Gasteiger charge is 2.12. The summed E-state index contributed by atoms with van der Waals surface area (Å²) in [6.45, 7) is 0. The number of hydrogen-bond donors (Lipinski definition) is 1. The zero-order valence-corrected chi connectivity index (χ0v) is 7.30. The molecule has 1 N–H and O–H groups in total. The average Bonchev–Trinajstić information content (AvgIpc) is 2.19. The van der Waals surface area contributed by atoms with E-state index < -0.39 is 12.1 Å². The number of aliphatic hydroxyl groups is 1. The van der Waals surface area contributed by atoms with Gasteiger partial charge in [0.15, 0.2) is 0 Å². The van der Waals surface area contributed by atoms with E-state index in [1.54, 1.807) is 18.3 Å².